The predicted molar refractivity (Wildman–Crippen MR) is 80.0 cm³/mol. The van der Waals surface area contributed by atoms with Gasteiger partial charge in [0.05, 0.1) is 22.1 Å². The Morgan fingerprint density at radius 1 is 1.28 bits per heavy atom. The van der Waals surface area contributed by atoms with Gasteiger partial charge in [-0.05, 0) is 30.4 Å². The second kappa shape index (κ2) is 5.51. The third-order valence-corrected chi connectivity index (χ3v) is 3.51. The van der Waals surface area contributed by atoms with E-state index in [1.54, 1.807) is 5.38 Å². The summed E-state index contributed by atoms with van der Waals surface area (Å²) < 4.78 is 12.9. The highest BCUT2D eigenvalue weighted by atomic mass is 35.5. The molecule has 0 aliphatic heterocycles. The van der Waals surface area contributed by atoms with Gasteiger partial charge in [0.2, 0.25) is 0 Å². The van der Waals surface area contributed by atoms with Crippen LogP contribution in [0.1, 0.15) is 0 Å². The maximum absolute atomic E-state index is 12.9. The highest BCUT2D eigenvalue weighted by Gasteiger charge is 2.06. The summed E-state index contributed by atoms with van der Waals surface area (Å²) in [4.78, 5) is 0. The quantitative estimate of drug-likeness (QED) is 0.581. The second-order valence-corrected chi connectivity index (χ2v) is 5.00. The minimum atomic E-state index is -0.391. The van der Waals surface area contributed by atoms with E-state index in [-0.39, 0.29) is 5.69 Å². The summed E-state index contributed by atoms with van der Waals surface area (Å²) in [6.45, 7) is 0. The molecule has 0 aliphatic rings. The van der Waals surface area contributed by atoms with Gasteiger partial charge < -0.3 is 16.4 Å². The fourth-order valence-corrected chi connectivity index (χ4v) is 2.47. The highest BCUT2D eigenvalue weighted by molar-refractivity contribution is 7.80. The Kier molecular flexibility index (Phi) is 4.00. The lowest BCUT2D eigenvalue weighted by atomic mass is 10.2. The van der Waals surface area contributed by atoms with Gasteiger partial charge in [-0.3, -0.25) is 0 Å². The van der Waals surface area contributed by atoms with E-state index in [0.717, 1.165) is 5.69 Å². The monoisotopic (exact) mass is 301 g/mol. The molecule has 0 spiro atoms. The summed E-state index contributed by atoms with van der Waals surface area (Å²) in [5.41, 5.74) is 7.21. The summed E-state index contributed by atoms with van der Waals surface area (Å²) in [5.74, 6) is -0.391. The normalized spacial score (nSPS) is 10.1. The molecule has 7 heteroatoms. The van der Waals surface area contributed by atoms with Gasteiger partial charge in [0.1, 0.15) is 5.82 Å². The van der Waals surface area contributed by atoms with Crippen LogP contribution in [0.5, 0.6) is 0 Å². The number of hydrogen-bond acceptors (Lipinski definition) is 3. The van der Waals surface area contributed by atoms with Gasteiger partial charge in [0, 0.05) is 10.8 Å². The van der Waals surface area contributed by atoms with Gasteiger partial charge >= 0.3 is 0 Å². The number of thiophene rings is 1. The first-order chi connectivity index (χ1) is 8.56. The molecule has 0 saturated carbocycles. The van der Waals surface area contributed by atoms with E-state index < -0.39 is 5.82 Å². The lowest BCUT2D eigenvalue weighted by molar-refractivity contribution is 0.628. The summed E-state index contributed by atoms with van der Waals surface area (Å²) in [5, 5.41) is 10.4. The van der Waals surface area contributed by atoms with Crippen LogP contribution in [0.2, 0.25) is 5.02 Å². The molecule has 4 N–H and O–H groups in total. The van der Waals surface area contributed by atoms with Crippen molar-refractivity contribution in [1.82, 2.24) is 0 Å². The van der Waals surface area contributed by atoms with Crippen LogP contribution in [0.15, 0.2) is 29.0 Å². The number of nitrogen functional groups attached to an aromatic ring is 1. The van der Waals surface area contributed by atoms with Gasteiger partial charge in [0.15, 0.2) is 5.11 Å². The van der Waals surface area contributed by atoms with Crippen LogP contribution in [0.25, 0.3) is 0 Å². The van der Waals surface area contributed by atoms with E-state index in [4.69, 9.17) is 29.6 Å². The molecular weight excluding hydrogens is 293 g/mol. The molecule has 0 amide bonds. The molecule has 3 nitrogen and oxygen atoms in total. The Labute approximate surface area is 118 Å². The zero-order chi connectivity index (χ0) is 13.1. The molecule has 0 bridgehead atoms. The maximum atomic E-state index is 12.9. The Morgan fingerprint density at radius 2 is 2.00 bits per heavy atom. The first kappa shape index (κ1) is 13.1. The van der Waals surface area contributed by atoms with Gasteiger partial charge in [-0.2, -0.15) is 0 Å². The number of hydrogen-bond donors (Lipinski definition) is 3. The third-order valence-electron chi connectivity index (χ3n) is 2.12. The van der Waals surface area contributed by atoms with Crippen molar-refractivity contribution < 1.29 is 4.39 Å². The SMILES string of the molecule is Nc1cc(F)ccc1NC(=S)Nc1cscc1Cl. The van der Waals surface area contributed by atoms with Gasteiger partial charge in [-0.15, -0.1) is 11.3 Å². The number of benzene rings is 1. The van der Waals surface area contributed by atoms with E-state index >= 15 is 0 Å². The second-order valence-electron chi connectivity index (χ2n) is 3.44. The van der Waals surface area contributed by atoms with Crippen LogP contribution in [0, 0.1) is 5.82 Å². The molecule has 0 aliphatic carbocycles. The first-order valence-electron chi connectivity index (χ1n) is 4.91. The van der Waals surface area contributed by atoms with Gasteiger partial charge in [-0.1, -0.05) is 11.6 Å². The number of nitrogens with one attached hydrogen (secondary N) is 2. The van der Waals surface area contributed by atoms with Crippen molar-refractivity contribution in [2.45, 2.75) is 0 Å². The fourth-order valence-electron chi connectivity index (χ4n) is 1.29. The van der Waals surface area contributed by atoms with Crippen LogP contribution in [0.4, 0.5) is 21.5 Å². The molecule has 0 radical (unpaired) electrons. The number of thiocarbonyl (C=S) groups is 1. The molecule has 0 saturated heterocycles. The Bertz CT molecular complexity index is 585. The molecule has 2 rings (SSSR count). The minimum Gasteiger partial charge on any atom is -0.397 e. The Hall–Kier alpha value is -1.37. The molecule has 18 heavy (non-hydrogen) atoms. The molecule has 94 valence electrons. The summed E-state index contributed by atoms with van der Waals surface area (Å²) in [6, 6.07) is 4.05. The van der Waals surface area contributed by atoms with Crippen LogP contribution in [-0.4, -0.2) is 5.11 Å². The van der Waals surface area contributed by atoms with Crippen LogP contribution in [-0.2, 0) is 0 Å². The molecule has 1 heterocycles. The lowest BCUT2D eigenvalue weighted by Gasteiger charge is -2.11. The summed E-state index contributed by atoms with van der Waals surface area (Å²) >= 11 is 12.5. The number of anilines is 3. The Morgan fingerprint density at radius 3 is 2.61 bits per heavy atom. The fraction of sp³-hybridized carbons (Fsp3) is 0. The van der Waals surface area contributed by atoms with E-state index in [1.807, 2.05) is 5.38 Å². The zero-order valence-corrected chi connectivity index (χ0v) is 11.4. The molecule has 1 aromatic carbocycles. The molecular formula is C11H9ClFN3S2. The van der Waals surface area contributed by atoms with Crippen molar-refractivity contribution >= 4 is 57.3 Å². The van der Waals surface area contributed by atoms with Crippen molar-refractivity contribution in [2.75, 3.05) is 16.4 Å². The predicted octanol–water partition coefficient (Wildman–Crippen LogP) is 3.93. The van der Waals surface area contributed by atoms with Crippen molar-refractivity contribution in [3.63, 3.8) is 0 Å². The average molecular weight is 302 g/mol. The van der Waals surface area contributed by atoms with Crippen LogP contribution >= 0.6 is 35.2 Å². The standard InChI is InChI=1S/C11H9ClFN3S2/c12-7-4-18-5-10(7)16-11(17)15-9-2-1-6(13)3-8(9)14/h1-5H,14H2,(H2,15,16,17). The number of rotatable bonds is 2. The van der Waals surface area contributed by atoms with Crippen molar-refractivity contribution in [2.24, 2.45) is 0 Å². The van der Waals surface area contributed by atoms with Crippen LogP contribution < -0.4 is 16.4 Å². The third kappa shape index (κ3) is 3.10. The van der Waals surface area contributed by atoms with Crippen molar-refractivity contribution in [3.8, 4) is 0 Å². The molecule has 0 unspecified atom stereocenters. The maximum Gasteiger partial charge on any atom is 0.175 e. The highest BCUT2D eigenvalue weighted by Crippen LogP contribution is 2.26. The topological polar surface area (TPSA) is 50.1 Å². The van der Waals surface area contributed by atoms with Gasteiger partial charge in [0.25, 0.3) is 0 Å². The average Bonchev–Trinajstić information content (AvgIpc) is 2.69. The van der Waals surface area contributed by atoms with E-state index in [1.165, 1.54) is 29.5 Å². The van der Waals surface area contributed by atoms with E-state index in [9.17, 15) is 4.39 Å². The summed E-state index contributed by atoms with van der Waals surface area (Å²) in [7, 11) is 0. The first-order valence-corrected chi connectivity index (χ1v) is 6.64. The minimum absolute atomic E-state index is 0.288. The molecule has 1 aromatic heterocycles. The van der Waals surface area contributed by atoms with Crippen LogP contribution in [0.3, 0.4) is 0 Å². The Balaban J connectivity index is 2.05. The summed E-state index contributed by atoms with van der Waals surface area (Å²) in [6.07, 6.45) is 0. The van der Waals surface area contributed by atoms with E-state index in [0.29, 0.717) is 15.8 Å². The lowest BCUT2D eigenvalue weighted by Crippen LogP contribution is -2.19. The van der Waals surface area contributed by atoms with Crippen molar-refractivity contribution in [3.05, 3.63) is 39.8 Å². The molecule has 0 fully saturated rings. The largest absolute Gasteiger partial charge is 0.397 e. The van der Waals surface area contributed by atoms with Gasteiger partial charge in [-0.25, -0.2) is 4.39 Å². The van der Waals surface area contributed by atoms with Crippen molar-refractivity contribution in [1.29, 1.82) is 0 Å². The number of nitrogens with two attached hydrogens (primary N) is 1. The zero-order valence-electron chi connectivity index (χ0n) is 9.04. The molecule has 2 aromatic rings. The molecule has 0 atom stereocenters. The number of halogens is 2. The van der Waals surface area contributed by atoms with E-state index in [2.05, 4.69) is 10.6 Å². The smallest absolute Gasteiger partial charge is 0.175 e.